The first-order valence-electron chi connectivity index (χ1n) is 7.08. The first-order chi connectivity index (χ1) is 10.1. The Morgan fingerprint density at radius 2 is 2.29 bits per heavy atom. The van der Waals surface area contributed by atoms with Crippen LogP contribution in [0.3, 0.4) is 0 Å². The second-order valence-electron chi connectivity index (χ2n) is 4.85. The molecule has 1 N–H and O–H groups in total. The summed E-state index contributed by atoms with van der Waals surface area (Å²) in [4.78, 5) is 27.2. The molecule has 1 saturated heterocycles. The Bertz CT molecular complexity index is 378. The van der Waals surface area contributed by atoms with Crippen LogP contribution in [0.25, 0.3) is 0 Å². The molecule has 7 heteroatoms. The molecule has 2 amide bonds. The standard InChI is InChI=1S/C14H24N2O4S/c1-4-6-12-16(11(10-21-12)13(17)18)14(19)15(7-5-2)8-9-20-3/h5,11-12H,2,4,6-10H2,1,3H3,(H,17,18). The predicted octanol–water partition coefficient (Wildman–Crippen LogP) is 1.87. The number of methoxy groups -OCH3 is 1. The number of nitrogens with zero attached hydrogens (tertiary/aromatic N) is 2. The zero-order valence-electron chi connectivity index (χ0n) is 12.7. The molecule has 0 saturated carbocycles. The number of thioether (sulfide) groups is 1. The lowest BCUT2D eigenvalue weighted by atomic mass is 10.2. The molecule has 1 rings (SSSR count). The molecular weight excluding hydrogens is 292 g/mol. The summed E-state index contributed by atoms with van der Waals surface area (Å²) in [6, 6.07) is -1.00. The van der Waals surface area contributed by atoms with E-state index in [1.165, 1.54) is 16.7 Å². The zero-order chi connectivity index (χ0) is 15.8. The van der Waals surface area contributed by atoms with Crippen molar-refractivity contribution < 1.29 is 19.4 Å². The van der Waals surface area contributed by atoms with Crippen molar-refractivity contribution in [3.63, 3.8) is 0 Å². The van der Waals surface area contributed by atoms with Crippen molar-refractivity contribution in [2.24, 2.45) is 0 Å². The van der Waals surface area contributed by atoms with Crippen molar-refractivity contribution in [1.29, 1.82) is 0 Å². The Balaban J connectivity index is 2.89. The Hall–Kier alpha value is -1.21. The van der Waals surface area contributed by atoms with Gasteiger partial charge in [-0.15, -0.1) is 18.3 Å². The van der Waals surface area contributed by atoms with Gasteiger partial charge in [0.25, 0.3) is 0 Å². The Morgan fingerprint density at radius 3 is 2.81 bits per heavy atom. The third-order valence-electron chi connectivity index (χ3n) is 3.32. The van der Waals surface area contributed by atoms with Gasteiger partial charge in [-0.1, -0.05) is 19.4 Å². The topological polar surface area (TPSA) is 70.1 Å². The molecule has 1 heterocycles. The molecule has 1 fully saturated rings. The van der Waals surface area contributed by atoms with Crippen LogP contribution in [0.4, 0.5) is 4.79 Å². The molecular formula is C14H24N2O4S. The van der Waals surface area contributed by atoms with Crippen LogP contribution in [0.5, 0.6) is 0 Å². The van der Waals surface area contributed by atoms with Crippen LogP contribution in [0.1, 0.15) is 19.8 Å². The largest absolute Gasteiger partial charge is 0.480 e. The van der Waals surface area contributed by atoms with Gasteiger partial charge in [-0.2, -0.15) is 0 Å². The van der Waals surface area contributed by atoms with Crippen molar-refractivity contribution in [1.82, 2.24) is 9.80 Å². The normalized spacial score (nSPS) is 21.3. The third-order valence-corrected chi connectivity index (χ3v) is 4.68. The summed E-state index contributed by atoms with van der Waals surface area (Å²) in [5, 5.41) is 9.26. The number of aliphatic carboxylic acids is 1. The first-order valence-corrected chi connectivity index (χ1v) is 8.13. The summed E-state index contributed by atoms with van der Waals surface area (Å²) in [7, 11) is 1.57. The quantitative estimate of drug-likeness (QED) is 0.692. The van der Waals surface area contributed by atoms with E-state index in [1.807, 2.05) is 6.92 Å². The monoisotopic (exact) mass is 316 g/mol. The van der Waals surface area contributed by atoms with E-state index in [2.05, 4.69) is 6.58 Å². The summed E-state index contributed by atoms with van der Waals surface area (Å²) in [6.07, 6.45) is 3.35. The van der Waals surface area contributed by atoms with Gasteiger partial charge in [-0.05, 0) is 6.42 Å². The number of carbonyl (C=O) groups is 2. The van der Waals surface area contributed by atoms with Crippen LogP contribution >= 0.6 is 11.8 Å². The number of urea groups is 1. The molecule has 0 spiro atoms. The lowest BCUT2D eigenvalue weighted by Gasteiger charge is -2.33. The minimum Gasteiger partial charge on any atom is -0.480 e. The highest BCUT2D eigenvalue weighted by Crippen LogP contribution is 2.33. The summed E-state index contributed by atoms with van der Waals surface area (Å²) in [5.41, 5.74) is 0. The van der Waals surface area contributed by atoms with Crippen LogP contribution in [-0.4, -0.2) is 70.9 Å². The number of hydrogen-bond acceptors (Lipinski definition) is 4. The molecule has 21 heavy (non-hydrogen) atoms. The van der Waals surface area contributed by atoms with Crippen molar-refractivity contribution in [2.75, 3.05) is 32.6 Å². The molecule has 0 aromatic heterocycles. The molecule has 6 nitrogen and oxygen atoms in total. The van der Waals surface area contributed by atoms with Crippen LogP contribution in [0.2, 0.25) is 0 Å². The van der Waals surface area contributed by atoms with Gasteiger partial charge >= 0.3 is 12.0 Å². The third kappa shape index (κ3) is 4.64. The van der Waals surface area contributed by atoms with Gasteiger partial charge in [0.2, 0.25) is 0 Å². The first kappa shape index (κ1) is 17.8. The van der Waals surface area contributed by atoms with Crippen LogP contribution in [-0.2, 0) is 9.53 Å². The van der Waals surface area contributed by atoms with Gasteiger partial charge in [0.1, 0.15) is 6.04 Å². The van der Waals surface area contributed by atoms with Gasteiger partial charge in [0.15, 0.2) is 0 Å². The molecule has 2 unspecified atom stereocenters. The Morgan fingerprint density at radius 1 is 1.57 bits per heavy atom. The average molecular weight is 316 g/mol. The maximum atomic E-state index is 12.7. The molecule has 0 aliphatic carbocycles. The summed E-state index contributed by atoms with van der Waals surface area (Å²) in [5.74, 6) is -0.502. The minimum absolute atomic E-state index is 0.0709. The fourth-order valence-corrected chi connectivity index (χ4v) is 3.77. The molecule has 0 bridgehead atoms. The van der Waals surface area contributed by atoms with E-state index >= 15 is 0 Å². The lowest BCUT2D eigenvalue weighted by molar-refractivity contribution is -0.141. The summed E-state index contributed by atoms with van der Waals surface area (Å²) >= 11 is 1.54. The number of carboxylic acids is 1. The van der Waals surface area contributed by atoms with Crippen molar-refractivity contribution >= 4 is 23.8 Å². The fraction of sp³-hybridized carbons (Fsp3) is 0.714. The smallest absolute Gasteiger partial charge is 0.327 e. The molecule has 1 aliphatic heterocycles. The summed E-state index contributed by atoms with van der Waals surface area (Å²) in [6.45, 7) is 6.91. The molecule has 120 valence electrons. The molecule has 0 aromatic carbocycles. The zero-order valence-corrected chi connectivity index (χ0v) is 13.5. The van der Waals surface area contributed by atoms with E-state index in [-0.39, 0.29) is 11.4 Å². The highest BCUT2D eigenvalue weighted by molar-refractivity contribution is 8.00. The second-order valence-corrected chi connectivity index (χ2v) is 6.06. The molecule has 0 aromatic rings. The fourth-order valence-electron chi connectivity index (χ4n) is 2.27. The Labute approximate surface area is 130 Å². The van der Waals surface area contributed by atoms with E-state index in [0.29, 0.717) is 25.4 Å². The van der Waals surface area contributed by atoms with Gasteiger partial charge in [-0.3, -0.25) is 4.90 Å². The van der Waals surface area contributed by atoms with E-state index in [4.69, 9.17) is 4.74 Å². The van der Waals surface area contributed by atoms with Gasteiger partial charge in [0.05, 0.1) is 12.0 Å². The maximum Gasteiger partial charge on any atom is 0.327 e. The molecule has 1 aliphatic rings. The van der Waals surface area contributed by atoms with Gasteiger partial charge in [0, 0.05) is 26.0 Å². The SMILES string of the molecule is C=CCN(CCOC)C(=O)N1C(CCC)SCC1C(=O)O. The van der Waals surface area contributed by atoms with Crippen LogP contribution in [0.15, 0.2) is 12.7 Å². The maximum absolute atomic E-state index is 12.7. The highest BCUT2D eigenvalue weighted by atomic mass is 32.2. The number of rotatable bonds is 8. The predicted molar refractivity (Wildman–Crippen MR) is 83.5 cm³/mol. The molecule has 0 radical (unpaired) electrons. The van der Waals surface area contributed by atoms with Crippen molar-refractivity contribution in [3.05, 3.63) is 12.7 Å². The van der Waals surface area contributed by atoms with E-state index in [0.717, 1.165) is 12.8 Å². The lowest BCUT2D eigenvalue weighted by Crippen LogP contribution is -2.52. The number of amides is 2. The second kappa shape index (κ2) is 8.94. The Kier molecular flexibility index (Phi) is 7.60. The van der Waals surface area contributed by atoms with Gasteiger partial charge < -0.3 is 14.7 Å². The number of hydrogen-bond donors (Lipinski definition) is 1. The average Bonchev–Trinajstić information content (AvgIpc) is 2.87. The van der Waals surface area contributed by atoms with Crippen LogP contribution < -0.4 is 0 Å². The van der Waals surface area contributed by atoms with Crippen LogP contribution in [0, 0.1) is 0 Å². The van der Waals surface area contributed by atoms with E-state index in [9.17, 15) is 14.7 Å². The molecule has 2 atom stereocenters. The van der Waals surface area contributed by atoms with E-state index < -0.39 is 12.0 Å². The van der Waals surface area contributed by atoms with Crippen molar-refractivity contribution in [2.45, 2.75) is 31.2 Å². The highest BCUT2D eigenvalue weighted by Gasteiger charge is 2.42. The number of carboxylic acid groups (broad SMARTS) is 1. The summed E-state index contributed by atoms with van der Waals surface area (Å²) < 4.78 is 5.01. The number of carbonyl (C=O) groups excluding carboxylic acids is 1. The van der Waals surface area contributed by atoms with E-state index in [1.54, 1.807) is 18.1 Å². The van der Waals surface area contributed by atoms with Crippen molar-refractivity contribution in [3.8, 4) is 0 Å². The number of ether oxygens (including phenoxy) is 1. The van der Waals surface area contributed by atoms with Gasteiger partial charge in [-0.25, -0.2) is 9.59 Å². The minimum atomic E-state index is -0.945.